The number of piperidine rings is 2. The van der Waals surface area contributed by atoms with Gasteiger partial charge in [0.1, 0.15) is 11.6 Å². The van der Waals surface area contributed by atoms with Crippen LogP contribution in [0.15, 0.2) is 18.2 Å². The molecule has 152 valence electrons. The topological polar surface area (TPSA) is 81.7 Å². The molecule has 1 spiro atoms. The zero-order chi connectivity index (χ0) is 19.7. The van der Waals surface area contributed by atoms with E-state index in [1.807, 2.05) is 0 Å². The molecular formula is C21H28FN3O3. The van der Waals surface area contributed by atoms with Gasteiger partial charge in [-0.2, -0.15) is 0 Å². The van der Waals surface area contributed by atoms with Crippen LogP contribution in [0.2, 0.25) is 0 Å². The van der Waals surface area contributed by atoms with Crippen LogP contribution in [0.5, 0.6) is 5.75 Å². The van der Waals surface area contributed by atoms with Gasteiger partial charge >= 0.3 is 11.8 Å². The summed E-state index contributed by atoms with van der Waals surface area (Å²) in [5.41, 5.74) is 1.02. The first-order chi connectivity index (χ1) is 13.4. The average molecular weight is 389 g/mol. The summed E-state index contributed by atoms with van der Waals surface area (Å²) in [6, 6.07) is 4.09. The van der Waals surface area contributed by atoms with Gasteiger partial charge in [0.2, 0.25) is 0 Å². The largest absolute Gasteiger partial charge is 0.508 e. The summed E-state index contributed by atoms with van der Waals surface area (Å²) in [7, 11) is 0. The van der Waals surface area contributed by atoms with Crippen molar-refractivity contribution in [1.82, 2.24) is 15.5 Å². The summed E-state index contributed by atoms with van der Waals surface area (Å²) in [4.78, 5) is 26.6. The fraction of sp³-hybridized carbons (Fsp3) is 0.619. The van der Waals surface area contributed by atoms with Crippen molar-refractivity contribution >= 4 is 11.8 Å². The number of benzene rings is 1. The molecule has 2 heterocycles. The fourth-order valence-electron chi connectivity index (χ4n) is 5.11. The standard InChI is InChI=1S/C21H28FN3O3/c22-16-8-15(9-18(26)10-16)14-2-1-7-25(13-14)20(28)19(27)24-17-11-21(12-17)3-5-23-6-4-21/h8-10,14,17,23,26H,1-7,11-13H2,(H,24,27). The van der Waals surface area contributed by atoms with Crippen LogP contribution < -0.4 is 10.6 Å². The van der Waals surface area contributed by atoms with Gasteiger partial charge in [0, 0.05) is 31.1 Å². The SMILES string of the molecule is O=C(NC1CC2(CCNCC2)C1)C(=O)N1CCCC(c2cc(O)cc(F)c2)C1. The number of hydrogen-bond acceptors (Lipinski definition) is 4. The summed E-state index contributed by atoms with van der Waals surface area (Å²) in [5.74, 6) is -1.72. The van der Waals surface area contributed by atoms with Gasteiger partial charge in [-0.25, -0.2) is 4.39 Å². The molecule has 7 heteroatoms. The van der Waals surface area contributed by atoms with Crippen molar-refractivity contribution in [2.75, 3.05) is 26.2 Å². The number of phenols is 1. The summed E-state index contributed by atoms with van der Waals surface area (Å²) in [6.45, 7) is 2.97. The Morgan fingerprint density at radius 1 is 1.21 bits per heavy atom. The molecule has 2 amide bonds. The van der Waals surface area contributed by atoms with Crippen molar-refractivity contribution in [3.05, 3.63) is 29.6 Å². The minimum atomic E-state index is -0.531. The van der Waals surface area contributed by atoms with E-state index in [9.17, 15) is 19.1 Å². The number of phenolic OH excluding ortho intramolecular Hbond substituents is 1. The first kappa shape index (κ1) is 19.2. The second kappa shape index (κ2) is 7.70. The summed E-state index contributed by atoms with van der Waals surface area (Å²) < 4.78 is 13.6. The number of halogens is 1. The number of nitrogens with one attached hydrogen (secondary N) is 2. The van der Waals surface area contributed by atoms with Crippen LogP contribution in [0.3, 0.4) is 0 Å². The summed E-state index contributed by atoms with van der Waals surface area (Å²) >= 11 is 0. The van der Waals surface area contributed by atoms with Gasteiger partial charge in [0.25, 0.3) is 0 Å². The average Bonchev–Trinajstić information content (AvgIpc) is 2.66. The first-order valence-corrected chi connectivity index (χ1v) is 10.2. The Morgan fingerprint density at radius 2 is 1.96 bits per heavy atom. The maximum Gasteiger partial charge on any atom is 0.311 e. The molecule has 3 aliphatic rings. The third kappa shape index (κ3) is 3.99. The van der Waals surface area contributed by atoms with Crippen LogP contribution >= 0.6 is 0 Å². The molecule has 1 unspecified atom stereocenters. The highest BCUT2D eigenvalue weighted by Crippen LogP contribution is 2.47. The fourth-order valence-corrected chi connectivity index (χ4v) is 5.11. The van der Waals surface area contributed by atoms with Crippen LogP contribution in [0.25, 0.3) is 0 Å². The predicted molar refractivity (Wildman–Crippen MR) is 102 cm³/mol. The molecule has 1 saturated carbocycles. The van der Waals surface area contributed by atoms with E-state index in [1.54, 1.807) is 4.90 Å². The van der Waals surface area contributed by atoms with E-state index in [2.05, 4.69) is 10.6 Å². The molecule has 0 radical (unpaired) electrons. The molecule has 3 N–H and O–H groups in total. The van der Waals surface area contributed by atoms with Gasteiger partial charge < -0.3 is 20.6 Å². The van der Waals surface area contributed by atoms with Crippen LogP contribution in [-0.2, 0) is 9.59 Å². The lowest BCUT2D eigenvalue weighted by molar-refractivity contribution is -0.148. The molecule has 4 rings (SSSR count). The van der Waals surface area contributed by atoms with Crippen molar-refractivity contribution in [1.29, 1.82) is 0 Å². The maximum atomic E-state index is 13.6. The molecule has 1 aromatic rings. The Hall–Kier alpha value is -2.15. The summed E-state index contributed by atoms with van der Waals surface area (Å²) in [6.07, 6.45) is 5.75. The lowest BCUT2D eigenvalue weighted by Gasteiger charge is -2.50. The van der Waals surface area contributed by atoms with E-state index < -0.39 is 17.6 Å². The second-order valence-electron chi connectivity index (χ2n) is 8.66. The minimum absolute atomic E-state index is 0.0752. The van der Waals surface area contributed by atoms with E-state index in [-0.39, 0.29) is 17.7 Å². The molecule has 28 heavy (non-hydrogen) atoms. The molecule has 2 aliphatic heterocycles. The Morgan fingerprint density at radius 3 is 2.68 bits per heavy atom. The van der Waals surface area contributed by atoms with Crippen molar-refractivity contribution in [2.24, 2.45) is 5.41 Å². The minimum Gasteiger partial charge on any atom is -0.508 e. The van der Waals surface area contributed by atoms with Gasteiger partial charge in [-0.15, -0.1) is 0 Å². The molecule has 6 nitrogen and oxygen atoms in total. The highest BCUT2D eigenvalue weighted by Gasteiger charge is 2.45. The van der Waals surface area contributed by atoms with E-state index in [0.29, 0.717) is 24.1 Å². The maximum absolute atomic E-state index is 13.6. The van der Waals surface area contributed by atoms with Crippen LogP contribution in [0.1, 0.15) is 50.0 Å². The third-order valence-electron chi connectivity index (χ3n) is 6.64. The van der Waals surface area contributed by atoms with Gasteiger partial charge in [-0.3, -0.25) is 9.59 Å². The highest BCUT2D eigenvalue weighted by molar-refractivity contribution is 6.35. The monoisotopic (exact) mass is 389 g/mol. The van der Waals surface area contributed by atoms with E-state index in [1.165, 1.54) is 12.1 Å². The van der Waals surface area contributed by atoms with E-state index in [4.69, 9.17) is 0 Å². The summed E-state index contributed by atoms with van der Waals surface area (Å²) in [5, 5.41) is 15.9. The quantitative estimate of drug-likeness (QED) is 0.675. The molecule has 1 aliphatic carbocycles. The number of carbonyl (C=O) groups is 2. The number of likely N-dealkylation sites (tertiary alicyclic amines) is 1. The lowest BCUT2D eigenvalue weighted by atomic mass is 9.60. The Labute approximate surface area is 164 Å². The number of nitrogens with zero attached hydrogens (tertiary/aromatic N) is 1. The van der Waals surface area contributed by atoms with Gasteiger partial charge in [0.15, 0.2) is 0 Å². The smallest absolute Gasteiger partial charge is 0.311 e. The highest BCUT2D eigenvalue weighted by atomic mass is 19.1. The van der Waals surface area contributed by atoms with E-state index in [0.717, 1.165) is 57.7 Å². The first-order valence-electron chi connectivity index (χ1n) is 10.2. The third-order valence-corrected chi connectivity index (χ3v) is 6.64. The number of amides is 2. The lowest BCUT2D eigenvalue weighted by Crippen LogP contribution is -2.57. The van der Waals surface area contributed by atoms with Crippen molar-refractivity contribution in [3.63, 3.8) is 0 Å². The number of rotatable bonds is 2. The zero-order valence-electron chi connectivity index (χ0n) is 16.0. The van der Waals surface area contributed by atoms with E-state index >= 15 is 0 Å². The Kier molecular flexibility index (Phi) is 5.27. The van der Waals surface area contributed by atoms with Crippen LogP contribution in [0, 0.1) is 11.2 Å². The van der Waals surface area contributed by atoms with Crippen molar-refractivity contribution in [2.45, 2.75) is 50.5 Å². The molecule has 0 bridgehead atoms. The van der Waals surface area contributed by atoms with Gasteiger partial charge in [0.05, 0.1) is 0 Å². The zero-order valence-corrected chi connectivity index (χ0v) is 16.0. The van der Waals surface area contributed by atoms with Crippen molar-refractivity contribution in [3.8, 4) is 5.75 Å². The van der Waals surface area contributed by atoms with Gasteiger partial charge in [-0.1, -0.05) is 0 Å². The molecule has 2 saturated heterocycles. The molecule has 1 aromatic carbocycles. The normalized spacial score (nSPS) is 24.6. The molecular weight excluding hydrogens is 361 g/mol. The second-order valence-corrected chi connectivity index (χ2v) is 8.66. The van der Waals surface area contributed by atoms with Gasteiger partial charge in [-0.05, 0) is 74.7 Å². The molecule has 1 atom stereocenters. The number of carbonyl (C=O) groups excluding carboxylic acids is 2. The van der Waals surface area contributed by atoms with Crippen LogP contribution in [0.4, 0.5) is 4.39 Å². The van der Waals surface area contributed by atoms with Crippen molar-refractivity contribution < 1.29 is 19.1 Å². The number of aromatic hydroxyl groups is 1. The Balaban J connectivity index is 1.32. The predicted octanol–water partition coefficient (Wildman–Crippen LogP) is 1.89. The molecule has 0 aromatic heterocycles. The Bertz CT molecular complexity index is 735. The van der Waals surface area contributed by atoms with Crippen LogP contribution in [-0.4, -0.2) is 54.0 Å². The number of hydrogen-bond donors (Lipinski definition) is 3. The molecule has 3 fully saturated rings.